The Morgan fingerprint density at radius 3 is 2.52 bits per heavy atom. The third-order valence-electron chi connectivity index (χ3n) is 3.29. The molecule has 0 aliphatic carbocycles. The number of aryl methyl sites for hydroxylation is 2. The molecule has 0 saturated carbocycles. The summed E-state index contributed by atoms with van der Waals surface area (Å²) in [4.78, 5) is 12.0. The van der Waals surface area contributed by atoms with E-state index in [1.807, 2.05) is 30.3 Å². The van der Waals surface area contributed by atoms with Crippen LogP contribution in [0.5, 0.6) is 0 Å². The predicted molar refractivity (Wildman–Crippen MR) is 96.8 cm³/mol. The average molecular weight is 394 g/mol. The Hall–Kier alpha value is -1.56. The molecule has 110 valence electrons. The molecule has 0 aliphatic rings. The molecule has 2 aromatic carbocycles. The van der Waals surface area contributed by atoms with Crippen molar-refractivity contribution in [2.45, 2.75) is 20.3 Å². The van der Waals surface area contributed by atoms with Gasteiger partial charge in [-0.1, -0.05) is 25.1 Å². The molecule has 0 saturated heterocycles. The van der Waals surface area contributed by atoms with Crippen LogP contribution in [0.3, 0.4) is 0 Å². The fourth-order valence-corrected chi connectivity index (χ4v) is 2.54. The summed E-state index contributed by atoms with van der Waals surface area (Å²) in [7, 11) is 0. The van der Waals surface area contributed by atoms with Crippen molar-refractivity contribution in [1.29, 1.82) is 0 Å². The fraction of sp³-hybridized carbons (Fsp3) is 0.235. The highest BCUT2D eigenvalue weighted by molar-refractivity contribution is 14.1. The maximum absolute atomic E-state index is 12.0. The first-order valence-electron chi connectivity index (χ1n) is 6.98. The summed E-state index contributed by atoms with van der Waals surface area (Å²) in [5.41, 5.74) is 4.29. The van der Waals surface area contributed by atoms with E-state index in [2.05, 4.69) is 59.2 Å². The lowest BCUT2D eigenvalue weighted by Crippen LogP contribution is -2.22. The zero-order chi connectivity index (χ0) is 15.2. The smallest absolute Gasteiger partial charge is 0.243 e. The minimum absolute atomic E-state index is 0.0403. The monoisotopic (exact) mass is 394 g/mol. The van der Waals surface area contributed by atoms with Gasteiger partial charge in [-0.25, -0.2) is 0 Å². The highest BCUT2D eigenvalue weighted by atomic mass is 127. The summed E-state index contributed by atoms with van der Waals surface area (Å²) in [6.07, 6.45) is 0.947. The molecule has 0 unspecified atom stereocenters. The van der Waals surface area contributed by atoms with Crippen molar-refractivity contribution < 1.29 is 4.79 Å². The lowest BCUT2D eigenvalue weighted by Gasteiger charge is -2.14. The van der Waals surface area contributed by atoms with Crippen molar-refractivity contribution in [3.05, 3.63) is 57.2 Å². The van der Waals surface area contributed by atoms with Gasteiger partial charge in [0.05, 0.1) is 6.54 Å². The van der Waals surface area contributed by atoms with Crippen LogP contribution in [0.15, 0.2) is 42.5 Å². The molecule has 0 aliphatic heterocycles. The Labute approximate surface area is 139 Å². The quantitative estimate of drug-likeness (QED) is 0.746. The topological polar surface area (TPSA) is 41.1 Å². The lowest BCUT2D eigenvalue weighted by atomic mass is 10.1. The number of para-hydroxylation sites is 1. The predicted octanol–water partition coefficient (Wildman–Crippen LogP) is 4.21. The number of carbonyl (C=O) groups is 1. The van der Waals surface area contributed by atoms with Gasteiger partial charge >= 0.3 is 0 Å². The summed E-state index contributed by atoms with van der Waals surface area (Å²) < 4.78 is 1.15. The average Bonchev–Trinajstić information content (AvgIpc) is 2.48. The van der Waals surface area contributed by atoms with Crippen LogP contribution in [0, 0.1) is 10.5 Å². The van der Waals surface area contributed by atoms with E-state index in [0.717, 1.165) is 26.9 Å². The molecular weight excluding hydrogens is 375 g/mol. The molecule has 21 heavy (non-hydrogen) atoms. The molecule has 0 heterocycles. The minimum Gasteiger partial charge on any atom is -0.376 e. The maximum Gasteiger partial charge on any atom is 0.243 e. The second kappa shape index (κ2) is 7.45. The number of hydrogen-bond acceptors (Lipinski definition) is 2. The standard InChI is InChI=1S/C17H19IN2O/c1-3-13-6-4-5-12(2)17(13)19-11-16(21)20-15-9-7-14(18)8-10-15/h4-10,19H,3,11H2,1-2H3,(H,20,21). The Kier molecular flexibility index (Phi) is 5.61. The Bertz CT molecular complexity index is 623. The third-order valence-corrected chi connectivity index (χ3v) is 4.01. The van der Waals surface area contributed by atoms with Gasteiger partial charge in [0.15, 0.2) is 0 Å². The van der Waals surface area contributed by atoms with E-state index >= 15 is 0 Å². The van der Waals surface area contributed by atoms with E-state index in [9.17, 15) is 4.79 Å². The minimum atomic E-state index is -0.0403. The largest absolute Gasteiger partial charge is 0.376 e. The van der Waals surface area contributed by atoms with Crippen molar-refractivity contribution in [1.82, 2.24) is 0 Å². The first kappa shape index (κ1) is 15.8. The Morgan fingerprint density at radius 1 is 1.14 bits per heavy atom. The molecule has 2 aromatic rings. The second-order valence-electron chi connectivity index (χ2n) is 4.87. The van der Waals surface area contributed by atoms with Gasteiger partial charge in [-0.05, 0) is 71.3 Å². The van der Waals surface area contributed by atoms with Crippen molar-refractivity contribution in [2.24, 2.45) is 0 Å². The van der Waals surface area contributed by atoms with Crippen molar-refractivity contribution in [3.63, 3.8) is 0 Å². The first-order chi connectivity index (χ1) is 10.1. The van der Waals surface area contributed by atoms with Gasteiger partial charge in [-0.2, -0.15) is 0 Å². The van der Waals surface area contributed by atoms with E-state index in [-0.39, 0.29) is 12.5 Å². The van der Waals surface area contributed by atoms with E-state index in [0.29, 0.717) is 0 Å². The lowest BCUT2D eigenvalue weighted by molar-refractivity contribution is -0.114. The second-order valence-corrected chi connectivity index (χ2v) is 6.12. The van der Waals surface area contributed by atoms with E-state index < -0.39 is 0 Å². The van der Waals surface area contributed by atoms with Gasteiger partial charge in [0.1, 0.15) is 0 Å². The van der Waals surface area contributed by atoms with Crippen molar-refractivity contribution in [3.8, 4) is 0 Å². The van der Waals surface area contributed by atoms with Gasteiger partial charge in [0.25, 0.3) is 0 Å². The molecule has 1 amide bonds. The summed E-state index contributed by atoms with van der Waals surface area (Å²) in [5, 5.41) is 6.14. The van der Waals surface area contributed by atoms with E-state index in [4.69, 9.17) is 0 Å². The first-order valence-corrected chi connectivity index (χ1v) is 8.06. The number of carbonyl (C=O) groups excluding carboxylic acids is 1. The molecule has 2 N–H and O–H groups in total. The normalized spacial score (nSPS) is 10.2. The summed E-state index contributed by atoms with van der Waals surface area (Å²) >= 11 is 2.24. The van der Waals surface area contributed by atoms with Gasteiger partial charge in [0, 0.05) is 14.9 Å². The van der Waals surface area contributed by atoms with Gasteiger partial charge in [-0.3, -0.25) is 4.79 Å². The molecule has 0 spiro atoms. The van der Waals surface area contributed by atoms with Crippen LogP contribution in [0.25, 0.3) is 0 Å². The molecule has 2 rings (SSSR count). The zero-order valence-electron chi connectivity index (χ0n) is 12.2. The molecule has 0 aromatic heterocycles. The highest BCUT2D eigenvalue weighted by Crippen LogP contribution is 2.20. The fourth-order valence-electron chi connectivity index (χ4n) is 2.18. The van der Waals surface area contributed by atoms with Crippen molar-refractivity contribution in [2.75, 3.05) is 17.2 Å². The summed E-state index contributed by atoms with van der Waals surface area (Å²) in [6, 6.07) is 14.0. The maximum atomic E-state index is 12.0. The zero-order valence-corrected chi connectivity index (χ0v) is 14.4. The molecule has 3 nitrogen and oxygen atoms in total. The third kappa shape index (κ3) is 4.46. The summed E-state index contributed by atoms with van der Waals surface area (Å²) in [5.74, 6) is -0.0403. The van der Waals surface area contributed by atoms with E-state index in [1.165, 1.54) is 5.56 Å². The summed E-state index contributed by atoms with van der Waals surface area (Å²) in [6.45, 7) is 4.44. The van der Waals surface area contributed by atoms with Gasteiger partial charge < -0.3 is 10.6 Å². The number of amides is 1. The molecule has 0 atom stereocenters. The van der Waals surface area contributed by atoms with Crippen molar-refractivity contribution >= 4 is 39.9 Å². The van der Waals surface area contributed by atoms with Crippen LogP contribution < -0.4 is 10.6 Å². The van der Waals surface area contributed by atoms with Crippen LogP contribution in [-0.2, 0) is 11.2 Å². The van der Waals surface area contributed by atoms with Gasteiger partial charge in [0.2, 0.25) is 5.91 Å². The molecular formula is C17H19IN2O. The number of anilines is 2. The number of hydrogen-bond donors (Lipinski definition) is 2. The van der Waals surface area contributed by atoms with Crippen LogP contribution in [0.1, 0.15) is 18.1 Å². The van der Waals surface area contributed by atoms with Crippen LogP contribution in [0.4, 0.5) is 11.4 Å². The van der Waals surface area contributed by atoms with Gasteiger partial charge in [-0.15, -0.1) is 0 Å². The van der Waals surface area contributed by atoms with E-state index in [1.54, 1.807) is 0 Å². The Morgan fingerprint density at radius 2 is 1.86 bits per heavy atom. The Balaban J connectivity index is 1.97. The number of benzene rings is 2. The number of halogens is 1. The molecule has 0 bridgehead atoms. The number of rotatable bonds is 5. The molecule has 0 radical (unpaired) electrons. The van der Waals surface area contributed by atoms with Crippen LogP contribution in [-0.4, -0.2) is 12.5 Å². The SMILES string of the molecule is CCc1cccc(C)c1NCC(=O)Nc1ccc(I)cc1. The van der Waals surface area contributed by atoms with Crippen LogP contribution >= 0.6 is 22.6 Å². The molecule has 0 fully saturated rings. The van der Waals surface area contributed by atoms with Crippen LogP contribution in [0.2, 0.25) is 0 Å². The number of nitrogens with one attached hydrogen (secondary N) is 2. The molecule has 4 heteroatoms. The highest BCUT2D eigenvalue weighted by Gasteiger charge is 2.07.